The third-order valence-corrected chi connectivity index (χ3v) is 11.8. The van der Waals surface area contributed by atoms with Crippen LogP contribution in [0.3, 0.4) is 0 Å². The Bertz CT molecular complexity index is 2670. The Morgan fingerprint density at radius 2 is 1.55 bits per heavy atom. The minimum Gasteiger partial charge on any atom is -0.469 e. The first kappa shape index (κ1) is 50.0. The number of ether oxygens (including phenoxy) is 1. The molecule has 0 atom stereocenters. The summed E-state index contributed by atoms with van der Waals surface area (Å²) in [5.41, 5.74) is 6.16. The molecule has 344 valence electrons. The van der Waals surface area contributed by atoms with E-state index in [9.17, 15) is 42.9 Å². The molecule has 15 heteroatoms. The molecule has 4 heterocycles. The molecule has 1 saturated heterocycles. The molecule has 0 radical (unpaired) electrons. The van der Waals surface area contributed by atoms with Crippen molar-refractivity contribution in [3.63, 3.8) is 0 Å². The molecule has 3 aromatic carbocycles. The molecule has 0 unspecified atom stereocenters. The lowest BCUT2D eigenvalue weighted by molar-refractivity contribution is -0.384. The standard InChI is InChI=1S/C23H24FNO.C16H14FNO2.C12H14N2O5S/c1-3-12-25-15-20(13-18-6-4-17(2)5-7-18)23(26)21(16-25)14-19-8-10-22(24)11-9-19;1-10-9-11(2)18-16(20)15(10)14(19)8-7-12-5-3-4-6-13(12)17;1-19-10(16)6-5-8-12(14(17)18)11-7(20-8)3-2-4-9(15)13-11/h4-11,13-14H,3,12,15-16H2,1-2H3;3-9H,1-2H3,(H,18,20);2-6H2,1H3,(H,13,15)/b20-13+,21-14+;8-7+;. The van der Waals surface area contributed by atoms with Crippen molar-refractivity contribution in [2.45, 2.75) is 66.2 Å². The van der Waals surface area contributed by atoms with Crippen molar-refractivity contribution >= 4 is 64.4 Å². The predicted octanol–water partition coefficient (Wildman–Crippen LogP) is 9.96. The second-order valence-corrected chi connectivity index (χ2v) is 17.0. The van der Waals surface area contributed by atoms with Crippen LogP contribution in [0.25, 0.3) is 18.2 Å². The maximum atomic E-state index is 13.4. The number of carbonyl (C=O) groups excluding carboxylic acids is 4. The van der Waals surface area contributed by atoms with Gasteiger partial charge in [-0.25, -0.2) is 8.78 Å². The molecule has 66 heavy (non-hydrogen) atoms. The number of methoxy groups -OCH3 is 1. The number of aromatic nitrogens is 1. The summed E-state index contributed by atoms with van der Waals surface area (Å²) in [5, 5.41) is 13.8. The molecule has 2 aliphatic heterocycles. The number of amides is 1. The Balaban J connectivity index is 0.000000188. The van der Waals surface area contributed by atoms with Crippen LogP contribution in [0, 0.1) is 42.5 Å². The molecule has 0 spiro atoms. The van der Waals surface area contributed by atoms with Gasteiger partial charge in [0.05, 0.1) is 28.9 Å². The average Bonchev–Trinajstić information content (AvgIpc) is 3.51. The highest BCUT2D eigenvalue weighted by atomic mass is 32.1. The van der Waals surface area contributed by atoms with Gasteiger partial charge in [-0.15, -0.1) is 11.3 Å². The van der Waals surface area contributed by atoms with E-state index in [0.717, 1.165) is 40.1 Å². The number of pyridine rings is 1. The molecule has 2 N–H and O–H groups in total. The summed E-state index contributed by atoms with van der Waals surface area (Å²) in [6, 6.07) is 22.3. The fraction of sp³-hybridized carbons (Fsp3) is 0.275. The van der Waals surface area contributed by atoms with Crippen molar-refractivity contribution in [1.82, 2.24) is 9.88 Å². The van der Waals surface area contributed by atoms with E-state index in [1.807, 2.05) is 24.3 Å². The van der Waals surface area contributed by atoms with E-state index in [2.05, 4.69) is 45.9 Å². The van der Waals surface area contributed by atoms with Gasteiger partial charge in [-0.3, -0.25) is 39.0 Å². The van der Waals surface area contributed by atoms with Gasteiger partial charge in [-0.05, 0) is 118 Å². The lowest BCUT2D eigenvalue weighted by Crippen LogP contribution is -2.38. The van der Waals surface area contributed by atoms with Crippen LogP contribution < -0.4 is 10.9 Å². The molecule has 2 aliphatic rings. The summed E-state index contributed by atoms with van der Waals surface area (Å²) < 4.78 is 31.1. The van der Waals surface area contributed by atoms with Gasteiger partial charge in [-0.2, -0.15) is 0 Å². The number of hydrogen-bond donors (Lipinski definition) is 2. The summed E-state index contributed by atoms with van der Waals surface area (Å²) in [4.78, 5) is 76.5. The first-order valence-corrected chi connectivity index (χ1v) is 22.2. The maximum absolute atomic E-state index is 13.4. The number of rotatable bonds is 11. The number of benzene rings is 3. The van der Waals surface area contributed by atoms with Crippen LogP contribution >= 0.6 is 11.3 Å². The number of piperidine rings is 1. The number of nitro groups is 1. The molecule has 0 saturated carbocycles. The molecule has 1 fully saturated rings. The summed E-state index contributed by atoms with van der Waals surface area (Å²) in [6.45, 7) is 9.89. The predicted molar refractivity (Wildman–Crippen MR) is 254 cm³/mol. The van der Waals surface area contributed by atoms with E-state index in [4.69, 9.17) is 0 Å². The SMILES string of the molecule is CCCN1C/C(=C\c2ccc(C)cc2)C(=O)/C(=C/c2ccc(F)cc2)C1.COC(=O)CCc1sc2c(c1[N+](=O)[O-])NC(=O)CCC2.Cc1cc(C)c(C(=O)/C=C/c2ccccc2F)c(=O)[nH]1. The number of halogens is 2. The highest BCUT2D eigenvalue weighted by Gasteiger charge is 2.30. The smallest absolute Gasteiger partial charge is 0.306 e. The Hall–Kier alpha value is -6.97. The largest absolute Gasteiger partial charge is 0.469 e. The van der Waals surface area contributed by atoms with Crippen molar-refractivity contribution < 1.29 is 37.6 Å². The third-order valence-electron chi connectivity index (χ3n) is 10.5. The zero-order valence-corrected chi connectivity index (χ0v) is 38.3. The summed E-state index contributed by atoms with van der Waals surface area (Å²) in [5.74, 6) is -1.65. The average molecular weight is 919 g/mol. The zero-order chi connectivity index (χ0) is 47.9. The van der Waals surface area contributed by atoms with Crippen molar-refractivity contribution in [3.8, 4) is 0 Å². The maximum Gasteiger partial charge on any atom is 0.306 e. The Kier molecular flexibility index (Phi) is 18.1. The molecule has 2 aromatic heterocycles. The van der Waals surface area contributed by atoms with E-state index in [1.165, 1.54) is 54.4 Å². The normalized spacial score (nSPS) is 15.0. The summed E-state index contributed by atoms with van der Waals surface area (Å²) >= 11 is 1.29. The van der Waals surface area contributed by atoms with Gasteiger partial charge in [0.1, 0.15) is 17.3 Å². The summed E-state index contributed by atoms with van der Waals surface area (Å²) in [7, 11) is 1.28. The van der Waals surface area contributed by atoms with E-state index >= 15 is 0 Å². The first-order valence-electron chi connectivity index (χ1n) is 21.4. The van der Waals surface area contributed by atoms with Gasteiger partial charge in [0, 0.05) is 46.8 Å². The van der Waals surface area contributed by atoms with Crippen molar-refractivity contribution in [1.29, 1.82) is 0 Å². The molecule has 1 amide bonds. The Labute approximate surface area is 385 Å². The van der Waals surface area contributed by atoms with E-state index in [-0.39, 0.29) is 41.6 Å². The van der Waals surface area contributed by atoms with Crippen LogP contribution in [-0.4, -0.2) is 65.0 Å². The first-order chi connectivity index (χ1) is 31.6. The number of aryl methyl sites for hydroxylation is 5. The van der Waals surface area contributed by atoms with Crippen LogP contribution in [0.4, 0.5) is 20.2 Å². The van der Waals surface area contributed by atoms with Crippen LogP contribution in [-0.2, 0) is 32.0 Å². The lowest BCUT2D eigenvalue weighted by Gasteiger charge is -2.29. The minimum atomic E-state index is -0.493. The van der Waals surface area contributed by atoms with Crippen molar-refractivity contribution in [2.75, 3.05) is 32.1 Å². The number of Topliss-reactive ketones (excluding diaryl/α,β-unsaturated/α-hetero) is 1. The number of anilines is 1. The van der Waals surface area contributed by atoms with Gasteiger partial charge in [0.25, 0.3) is 5.56 Å². The number of aromatic amines is 1. The number of esters is 1. The minimum absolute atomic E-state index is 0.0795. The van der Waals surface area contributed by atoms with Crippen molar-refractivity contribution in [3.05, 3.63) is 177 Å². The quantitative estimate of drug-likeness (QED) is 0.0431. The molecule has 0 aliphatic carbocycles. The van der Waals surface area contributed by atoms with Crippen LogP contribution in [0.2, 0.25) is 0 Å². The summed E-state index contributed by atoms with van der Waals surface area (Å²) in [6.07, 6.45) is 9.51. The number of fused-ring (bicyclic) bond motifs is 1. The number of nitrogens with zero attached hydrogens (tertiary/aromatic N) is 2. The van der Waals surface area contributed by atoms with E-state index in [1.54, 1.807) is 50.2 Å². The zero-order valence-electron chi connectivity index (χ0n) is 37.5. The number of hydrogen-bond acceptors (Lipinski definition) is 10. The van der Waals surface area contributed by atoms with Crippen LogP contribution in [0.1, 0.15) is 86.2 Å². The molecular weight excluding hydrogens is 867 g/mol. The molecule has 7 rings (SSSR count). The van der Waals surface area contributed by atoms with E-state index in [0.29, 0.717) is 59.7 Å². The van der Waals surface area contributed by atoms with Gasteiger partial charge in [-0.1, -0.05) is 67.1 Å². The number of nitrogens with one attached hydrogen (secondary N) is 2. The Morgan fingerprint density at radius 1 is 0.909 bits per heavy atom. The number of ketones is 2. The molecule has 5 aromatic rings. The van der Waals surface area contributed by atoms with Gasteiger partial charge in [0.15, 0.2) is 11.6 Å². The number of H-pyrrole nitrogens is 1. The number of allylic oxidation sites excluding steroid dienone is 1. The highest BCUT2D eigenvalue weighted by Crippen LogP contribution is 2.42. The van der Waals surface area contributed by atoms with Crippen molar-refractivity contribution in [2.24, 2.45) is 0 Å². The molecule has 0 bridgehead atoms. The number of carbonyl (C=O) groups is 4. The van der Waals surface area contributed by atoms with Gasteiger partial charge in [0.2, 0.25) is 5.91 Å². The van der Waals surface area contributed by atoms with Gasteiger partial charge < -0.3 is 15.0 Å². The number of thiophene rings is 1. The fourth-order valence-corrected chi connectivity index (χ4v) is 8.61. The third kappa shape index (κ3) is 14.0. The Morgan fingerprint density at radius 3 is 2.14 bits per heavy atom. The highest BCUT2D eigenvalue weighted by molar-refractivity contribution is 7.13. The van der Waals surface area contributed by atoms with E-state index < -0.39 is 28.1 Å². The second kappa shape index (κ2) is 23.8. The molecule has 12 nitrogen and oxygen atoms in total. The molecular formula is C51H52F2N4O8S. The topological polar surface area (TPSA) is 169 Å². The van der Waals surface area contributed by atoms with Gasteiger partial charge >= 0.3 is 11.7 Å². The van der Waals surface area contributed by atoms with Crippen LogP contribution in [0.15, 0.2) is 101 Å². The monoisotopic (exact) mass is 918 g/mol. The second-order valence-electron chi connectivity index (χ2n) is 15.8. The number of likely N-dealkylation sites (tertiary alicyclic amines) is 1. The van der Waals surface area contributed by atoms with Crippen LogP contribution in [0.5, 0.6) is 0 Å². The lowest BCUT2D eigenvalue weighted by atomic mass is 9.94. The fourth-order valence-electron chi connectivity index (χ4n) is 7.34.